The molecule has 28 heavy (non-hydrogen) atoms. The summed E-state index contributed by atoms with van der Waals surface area (Å²) in [6, 6.07) is 12.3. The molecule has 4 heterocycles. The smallest absolute Gasteiger partial charge is 0.255 e. The number of carbonyl (C=O) groups is 1. The van der Waals surface area contributed by atoms with E-state index < -0.39 is 0 Å². The molecule has 0 spiro atoms. The Labute approximate surface area is 166 Å². The van der Waals surface area contributed by atoms with Crippen molar-refractivity contribution in [2.75, 3.05) is 49.1 Å². The second kappa shape index (κ2) is 7.92. The lowest BCUT2D eigenvalue weighted by Gasteiger charge is -2.36. The zero-order chi connectivity index (χ0) is 19.5. The van der Waals surface area contributed by atoms with E-state index >= 15 is 0 Å². The van der Waals surface area contributed by atoms with Gasteiger partial charge < -0.3 is 19.1 Å². The van der Waals surface area contributed by atoms with E-state index in [-0.39, 0.29) is 5.91 Å². The molecule has 0 saturated carbocycles. The Balaban J connectivity index is 1.51. The molecule has 1 saturated heterocycles. The molecule has 0 radical (unpaired) electrons. The standard InChI is InChI=1S/C22H27N5O/c1-3-24(4-2)21-8-7-20-6-5-18(17-27(20)21)22(28)26-15-13-25(14-16-26)19-9-11-23-12-10-19/h5-12,17H,3-4,13-16H2,1-2H3. The van der Waals surface area contributed by atoms with Crippen molar-refractivity contribution in [2.45, 2.75) is 13.8 Å². The monoisotopic (exact) mass is 377 g/mol. The summed E-state index contributed by atoms with van der Waals surface area (Å²) in [7, 11) is 0. The van der Waals surface area contributed by atoms with E-state index in [4.69, 9.17) is 0 Å². The Bertz CT molecular complexity index is 940. The van der Waals surface area contributed by atoms with Crippen LogP contribution in [-0.4, -0.2) is 59.5 Å². The van der Waals surface area contributed by atoms with E-state index in [2.05, 4.69) is 45.2 Å². The highest BCUT2D eigenvalue weighted by atomic mass is 16.2. The lowest BCUT2D eigenvalue weighted by molar-refractivity contribution is 0.0746. The first kappa shape index (κ1) is 18.3. The molecule has 3 aromatic rings. The number of piperazine rings is 1. The van der Waals surface area contributed by atoms with Crippen LogP contribution in [0, 0.1) is 0 Å². The molecule has 1 aliphatic heterocycles. The summed E-state index contributed by atoms with van der Waals surface area (Å²) in [6.07, 6.45) is 5.61. The maximum absolute atomic E-state index is 13.1. The van der Waals surface area contributed by atoms with Crippen LogP contribution >= 0.6 is 0 Å². The van der Waals surface area contributed by atoms with Crippen molar-refractivity contribution in [1.82, 2.24) is 14.3 Å². The molecule has 146 valence electrons. The van der Waals surface area contributed by atoms with Gasteiger partial charge in [-0.25, -0.2) is 0 Å². The number of pyridine rings is 2. The van der Waals surface area contributed by atoms with Crippen LogP contribution in [0.25, 0.3) is 5.52 Å². The minimum atomic E-state index is 0.107. The van der Waals surface area contributed by atoms with Crippen LogP contribution < -0.4 is 9.80 Å². The van der Waals surface area contributed by atoms with Gasteiger partial charge >= 0.3 is 0 Å². The van der Waals surface area contributed by atoms with E-state index in [0.29, 0.717) is 0 Å². The highest BCUT2D eigenvalue weighted by molar-refractivity contribution is 5.94. The number of nitrogens with zero attached hydrogens (tertiary/aromatic N) is 5. The van der Waals surface area contributed by atoms with Crippen molar-refractivity contribution in [2.24, 2.45) is 0 Å². The van der Waals surface area contributed by atoms with Gasteiger partial charge in [-0.1, -0.05) is 0 Å². The minimum absolute atomic E-state index is 0.107. The summed E-state index contributed by atoms with van der Waals surface area (Å²) in [6.45, 7) is 9.33. The van der Waals surface area contributed by atoms with Gasteiger partial charge in [0.1, 0.15) is 5.82 Å². The van der Waals surface area contributed by atoms with Crippen LogP contribution in [-0.2, 0) is 0 Å². The zero-order valence-corrected chi connectivity index (χ0v) is 16.6. The molecule has 0 unspecified atom stereocenters. The molecule has 0 atom stereocenters. The van der Waals surface area contributed by atoms with Crippen molar-refractivity contribution in [1.29, 1.82) is 0 Å². The van der Waals surface area contributed by atoms with Gasteiger partial charge in [-0.15, -0.1) is 0 Å². The molecule has 4 rings (SSSR count). The Hall–Kier alpha value is -3.02. The summed E-state index contributed by atoms with van der Waals surface area (Å²) in [4.78, 5) is 23.7. The molecule has 0 aromatic carbocycles. The van der Waals surface area contributed by atoms with E-state index in [0.717, 1.165) is 56.2 Å². The Kier molecular flexibility index (Phi) is 5.19. The van der Waals surface area contributed by atoms with E-state index in [1.54, 1.807) is 0 Å². The predicted octanol–water partition coefficient (Wildman–Crippen LogP) is 3.14. The van der Waals surface area contributed by atoms with Crippen molar-refractivity contribution in [3.63, 3.8) is 0 Å². The molecular weight excluding hydrogens is 350 g/mol. The van der Waals surface area contributed by atoms with Crippen LogP contribution in [0.2, 0.25) is 0 Å². The van der Waals surface area contributed by atoms with Gasteiger partial charge in [0.15, 0.2) is 0 Å². The Morgan fingerprint density at radius 2 is 1.64 bits per heavy atom. The van der Waals surface area contributed by atoms with Gasteiger partial charge in [0.2, 0.25) is 0 Å². The average molecular weight is 377 g/mol. The Morgan fingerprint density at radius 1 is 0.964 bits per heavy atom. The number of amides is 1. The predicted molar refractivity (Wildman–Crippen MR) is 113 cm³/mol. The van der Waals surface area contributed by atoms with Crippen LogP contribution in [0.5, 0.6) is 0 Å². The molecule has 3 aromatic heterocycles. The molecule has 0 aliphatic carbocycles. The third kappa shape index (κ3) is 3.42. The molecule has 0 bridgehead atoms. The number of hydrogen-bond donors (Lipinski definition) is 0. The van der Waals surface area contributed by atoms with Crippen molar-refractivity contribution in [3.05, 3.63) is 60.6 Å². The van der Waals surface area contributed by atoms with Gasteiger partial charge in [-0.2, -0.15) is 0 Å². The Morgan fingerprint density at radius 3 is 2.32 bits per heavy atom. The van der Waals surface area contributed by atoms with Gasteiger partial charge in [-0.3, -0.25) is 9.78 Å². The lowest BCUT2D eigenvalue weighted by Crippen LogP contribution is -2.48. The number of anilines is 2. The van der Waals surface area contributed by atoms with E-state index in [9.17, 15) is 4.79 Å². The molecule has 1 fully saturated rings. The number of hydrogen-bond acceptors (Lipinski definition) is 4. The third-order valence-corrected chi connectivity index (χ3v) is 5.56. The van der Waals surface area contributed by atoms with Crippen molar-refractivity contribution >= 4 is 22.9 Å². The first-order valence-corrected chi connectivity index (χ1v) is 10.0. The third-order valence-electron chi connectivity index (χ3n) is 5.56. The lowest BCUT2D eigenvalue weighted by atomic mass is 10.2. The number of rotatable bonds is 5. The van der Waals surface area contributed by atoms with Gasteiger partial charge in [0.25, 0.3) is 5.91 Å². The van der Waals surface area contributed by atoms with Crippen LogP contribution in [0.3, 0.4) is 0 Å². The van der Waals surface area contributed by atoms with Crippen molar-refractivity contribution < 1.29 is 4.79 Å². The van der Waals surface area contributed by atoms with Crippen LogP contribution in [0.4, 0.5) is 11.5 Å². The first-order valence-electron chi connectivity index (χ1n) is 10.0. The van der Waals surface area contributed by atoms with Crippen LogP contribution in [0.1, 0.15) is 24.2 Å². The summed E-state index contributed by atoms with van der Waals surface area (Å²) < 4.78 is 2.13. The fourth-order valence-electron chi connectivity index (χ4n) is 3.92. The normalized spacial score (nSPS) is 14.5. The van der Waals surface area contributed by atoms with E-state index in [1.165, 1.54) is 5.69 Å². The molecular formula is C22H27N5O. The van der Waals surface area contributed by atoms with Gasteiger partial charge in [-0.05, 0) is 50.2 Å². The van der Waals surface area contributed by atoms with Crippen molar-refractivity contribution in [3.8, 4) is 0 Å². The quantitative estimate of drug-likeness (QED) is 0.685. The second-order valence-electron chi connectivity index (χ2n) is 7.06. The molecule has 0 N–H and O–H groups in total. The summed E-state index contributed by atoms with van der Waals surface area (Å²) in [5, 5.41) is 0. The fraction of sp³-hybridized carbons (Fsp3) is 0.364. The number of aromatic nitrogens is 2. The topological polar surface area (TPSA) is 44.1 Å². The first-order chi connectivity index (χ1) is 13.7. The summed E-state index contributed by atoms with van der Waals surface area (Å²) >= 11 is 0. The molecule has 1 aliphatic rings. The maximum atomic E-state index is 13.1. The fourth-order valence-corrected chi connectivity index (χ4v) is 3.92. The summed E-state index contributed by atoms with van der Waals surface area (Å²) in [5.74, 6) is 1.24. The summed E-state index contributed by atoms with van der Waals surface area (Å²) in [5.41, 5.74) is 3.02. The van der Waals surface area contributed by atoms with Gasteiger partial charge in [0, 0.05) is 69.1 Å². The largest absolute Gasteiger partial charge is 0.368 e. The zero-order valence-electron chi connectivity index (χ0n) is 16.6. The maximum Gasteiger partial charge on any atom is 0.255 e. The SMILES string of the molecule is CCN(CC)c1ccc2ccc(C(=O)N3CCN(c4ccncc4)CC3)cn12. The van der Waals surface area contributed by atoms with Crippen LogP contribution in [0.15, 0.2) is 55.0 Å². The second-order valence-corrected chi connectivity index (χ2v) is 7.06. The van der Waals surface area contributed by atoms with Gasteiger partial charge in [0.05, 0.1) is 5.56 Å². The molecule has 1 amide bonds. The number of fused-ring (bicyclic) bond motifs is 1. The minimum Gasteiger partial charge on any atom is -0.368 e. The average Bonchev–Trinajstić information content (AvgIpc) is 3.18. The number of carbonyl (C=O) groups excluding carboxylic acids is 1. The highest BCUT2D eigenvalue weighted by Gasteiger charge is 2.23. The molecule has 6 nitrogen and oxygen atoms in total. The molecule has 6 heteroatoms. The van der Waals surface area contributed by atoms with E-state index in [1.807, 2.05) is 47.8 Å². The highest BCUT2D eigenvalue weighted by Crippen LogP contribution is 2.22.